The van der Waals surface area contributed by atoms with Crippen molar-refractivity contribution in [3.05, 3.63) is 54.1 Å². The van der Waals surface area contributed by atoms with E-state index in [2.05, 4.69) is 9.97 Å². The molecular formula is C20H24N4O2. The summed E-state index contributed by atoms with van der Waals surface area (Å²) in [5.41, 5.74) is 1.49. The van der Waals surface area contributed by atoms with Crippen LogP contribution in [0.4, 0.5) is 0 Å². The lowest BCUT2D eigenvalue weighted by Gasteiger charge is -2.44. The van der Waals surface area contributed by atoms with Crippen molar-refractivity contribution in [2.75, 3.05) is 19.6 Å². The standard InChI is InChI=1S/C20H24N4O2/c1-2-24-18(25)16(15-5-3-9-21-14-15)13-20(24)7-11-23(12-8-20)19(26)17-6-4-10-22-17/h3-6,9-10,14,16,22H,2,7-8,11-13H2,1H3. The van der Waals surface area contributed by atoms with Crippen LogP contribution in [0.1, 0.15) is 48.2 Å². The number of hydrogen-bond acceptors (Lipinski definition) is 3. The van der Waals surface area contributed by atoms with E-state index < -0.39 is 0 Å². The zero-order valence-electron chi connectivity index (χ0n) is 15.0. The molecule has 0 saturated carbocycles. The number of aromatic nitrogens is 2. The van der Waals surface area contributed by atoms with Crippen LogP contribution in [0.5, 0.6) is 0 Å². The van der Waals surface area contributed by atoms with Gasteiger partial charge in [0.05, 0.1) is 5.92 Å². The molecule has 2 aromatic rings. The van der Waals surface area contributed by atoms with E-state index in [0.717, 1.165) is 24.8 Å². The Kier molecular flexibility index (Phi) is 4.26. The van der Waals surface area contributed by atoms with Gasteiger partial charge in [-0.05, 0) is 49.9 Å². The Labute approximate surface area is 153 Å². The zero-order valence-corrected chi connectivity index (χ0v) is 15.0. The topological polar surface area (TPSA) is 69.3 Å². The first-order valence-corrected chi connectivity index (χ1v) is 9.29. The number of carbonyl (C=O) groups excluding carboxylic acids is 2. The smallest absolute Gasteiger partial charge is 0.270 e. The third-order valence-electron chi connectivity index (χ3n) is 5.93. The van der Waals surface area contributed by atoms with E-state index >= 15 is 0 Å². The number of piperidine rings is 1. The van der Waals surface area contributed by atoms with Crippen LogP contribution in [0.25, 0.3) is 0 Å². The molecule has 4 heterocycles. The minimum atomic E-state index is -0.140. The molecule has 0 radical (unpaired) electrons. The number of nitrogens with zero attached hydrogens (tertiary/aromatic N) is 3. The molecule has 4 rings (SSSR count). The number of aromatic amines is 1. The van der Waals surface area contributed by atoms with Crippen LogP contribution in [0.2, 0.25) is 0 Å². The van der Waals surface area contributed by atoms with Crippen LogP contribution in [0.15, 0.2) is 42.9 Å². The SMILES string of the molecule is CCN1C(=O)C(c2cccnc2)CC12CCN(C(=O)c1ccc[nH]1)CC2. The molecule has 1 unspecified atom stereocenters. The number of carbonyl (C=O) groups is 2. The first-order chi connectivity index (χ1) is 12.6. The molecule has 0 aromatic carbocycles. The van der Waals surface area contributed by atoms with Gasteiger partial charge in [0.2, 0.25) is 5.91 Å². The zero-order chi connectivity index (χ0) is 18.1. The van der Waals surface area contributed by atoms with E-state index in [1.165, 1.54) is 0 Å². The van der Waals surface area contributed by atoms with Crippen molar-refractivity contribution in [3.8, 4) is 0 Å². The summed E-state index contributed by atoms with van der Waals surface area (Å²) < 4.78 is 0. The largest absolute Gasteiger partial charge is 0.357 e. The Morgan fingerprint density at radius 3 is 2.73 bits per heavy atom. The van der Waals surface area contributed by atoms with E-state index in [4.69, 9.17) is 0 Å². The van der Waals surface area contributed by atoms with Crippen LogP contribution < -0.4 is 0 Å². The number of likely N-dealkylation sites (N-methyl/N-ethyl adjacent to an activating group) is 1. The lowest BCUT2D eigenvalue weighted by molar-refractivity contribution is -0.133. The van der Waals surface area contributed by atoms with Crippen LogP contribution in [0.3, 0.4) is 0 Å². The van der Waals surface area contributed by atoms with Gasteiger partial charge in [-0.15, -0.1) is 0 Å². The second-order valence-corrected chi connectivity index (χ2v) is 7.23. The Morgan fingerprint density at radius 1 is 1.31 bits per heavy atom. The fourth-order valence-electron chi connectivity index (χ4n) is 4.57. The quantitative estimate of drug-likeness (QED) is 0.922. The van der Waals surface area contributed by atoms with E-state index in [1.54, 1.807) is 18.6 Å². The van der Waals surface area contributed by atoms with E-state index in [1.807, 2.05) is 41.0 Å². The van der Waals surface area contributed by atoms with Crippen molar-refractivity contribution in [2.45, 2.75) is 37.6 Å². The number of H-pyrrole nitrogens is 1. The lowest BCUT2D eigenvalue weighted by Crippen LogP contribution is -2.54. The average Bonchev–Trinajstić information content (AvgIpc) is 3.30. The van der Waals surface area contributed by atoms with Crippen LogP contribution in [-0.2, 0) is 4.79 Å². The third kappa shape index (κ3) is 2.69. The van der Waals surface area contributed by atoms with Gasteiger partial charge >= 0.3 is 0 Å². The molecule has 1 atom stereocenters. The maximum absolute atomic E-state index is 13.0. The number of rotatable bonds is 3. The van der Waals surface area contributed by atoms with E-state index in [9.17, 15) is 9.59 Å². The Hall–Kier alpha value is -2.63. The van der Waals surface area contributed by atoms with Crippen LogP contribution >= 0.6 is 0 Å². The number of likely N-dealkylation sites (tertiary alicyclic amines) is 2. The highest BCUT2D eigenvalue weighted by atomic mass is 16.2. The number of nitrogens with one attached hydrogen (secondary N) is 1. The van der Waals surface area contributed by atoms with Crippen molar-refractivity contribution in [2.24, 2.45) is 0 Å². The number of pyridine rings is 1. The van der Waals surface area contributed by atoms with Crippen molar-refractivity contribution in [3.63, 3.8) is 0 Å². The predicted molar refractivity (Wildman–Crippen MR) is 97.6 cm³/mol. The van der Waals surface area contributed by atoms with Gasteiger partial charge in [0.15, 0.2) is 0 Å². The molecule has 2 amide bonds. The molecule has 6 nitrogen and oxygen atoms in total. The first kappa shape index (κ1) is 16.8. The predicted octanol–water partition coefficient (Wildman–Crippen LogP) is 2.42. The molecule has 1 N–H and O–H groups in total. The number of hydrogen-bond donors (Lipinski definition) is 1. The van der Waals surface area contributed by atoms with Gasteiger partial charge in [0, 0.05) is 43.8 Å². The van der Waals surface area contributed by atoms with Crippen molar-refractivity contribution < 1.29 is 9.59 Å². The molecule has 2 aliphatic rings. The van der Waals surface area contributed by atoms with Gasteiger partial charge in [0.1, 0.15) is 5.69 Å². The molecule has 2 fully saturated rings. The molecule has 2 saturated heterocycles. The van der Waals surface area contributed by atoms with Crippen LogP contribution in [-0.4, -0.2) is 56.8 Å². The summed E-state index contributed by atoms with van der Waals surface area (Å²) in [6.07, 6.45) is 7.79. The maximum Gasteiger partial charge on any atom is 0.270 e. The summed E-state index contributed by atoms with van der Waals surface area (Å²) in [6.45, 7) is 4.12. The maximum atomic E-state index is 13.0. The lowest BCUT2D eigenvalue weighted by atomic mass is 9.81. The van der Waals surface area contributed by atoms with Gasteiger partial charge in [-0.1, -0.05) is 6.07 Å². The van der Waals surface area contributed by atoms with Gasteiger partial charge < -0.3 is 14.8 Å². The fourth-order valence-corrected chi connectivity index (χ4v) is 4.57. The normalized spacial score (nSPS) is 22.2. The highest BCUT2D eigenvalue weighted by molar-refractivity contribution is 5.92. The molecule has 2 aliphatic heterocycles. The molecule has 6 heteroatoms. The van der Waals surface area contributed by atoms with Crippen molar-refractivity contribution in [1.29, 1.82) is 0 Å². The second-order valence-electron chi connectivity index (χ2n) is 7.23. The summed E-state index contributed by atoms with van der Waals surface area (Å²) in [7, 11) is 0. The summed E-state index contributed by atoms with van der Waals surface area (Å²) in [5, 5.41) is 0. The highest BCUT2D eigenvalue weighted by Crippen LogP contribution is 2.45. The molecular weight excluding hydrogens is 328 g/mol. The highest BCUT2D eigenvalue weighted by Gasteiger charge is 2.51. The summed E-state index contributed by atoms with van der Waals surface area (Å²) >= 11 is 0. The molecule has 2 aromatic heterocycles. The van der Waals surface area contributed by atoms with Gasteiger partial charge in [-0.25, -0.2) is 0 Å². The average molecular weight is 352 g/mol. The van der Waals surface area contributed by atoms with Crippen molar-refractivity contribution in [1.82, 2.24) is 19.8 Å². The summed E-state index contributed by atoms with van der Waals surface area (Å²) in [6, 6.07) is 7.53. The monoisotopic (exact) mass is 352 g/mol. The Morgan fingerprint density at radius 2 is 2.12 bits per heavy atom. The minimum Gasteiger partial charge on any atom is -0.357 e. The molecule has 26 heavy (non-hydrogen) atoms. The fraction of sp³-hybridized carbons (Fsp3) is 0.450. The molecule has 1 spiro atoms. The Balaban J connectivity index is 1.52. The van der Waals surface area contributed by atoms with E-state index in [-0.39, 0.29) is 23.3 Å². The Bertz CT molecular complexity index is 779. The van der Waals surface area contributed by atoms with Gasteiger partial charge in [-0.2, -0.15) is 0 Å². The van der Waals surface area contributed by atoms with Crippen molar-refractivity contribution >= 4 is 11.8 Å². The van der Waals surface area contributed by atoms with E-state index in [0.29, 0.717) is 25.3 Å². The second kappa shape index (κ2) is 6.59. The molecule has 136 valence electrons. The van der Waals surface area contributed by atoms with Crippen LogP contribution in [0, 0.1) is 0 Å². The number of amides is 2. The molecule has 0 bridgehead atoms. The summed E-state index contributed by atoms with van der Waals surface area (Å²) in [4.78, 5) is 36.7. The van der Waals surface area contributed by atoms with Gasteiger partial charge in [-0.3, -0.25) is 14.6 Å². The molecule has 0 aliphatic carbocycles. The minimum absolute atomic E-state index is 0.0426. The first-order valence-electron chi connectivity index (χ1n) is 9.29. The van der Waals surface area contributed by atoms with Gasteiger partial charge in [0.25, 0.3) is 5.91 Å². The third-order valence-corrected chi connectivity index (χ3v) is 5.93. The summed E-state index contributed by atoms with van der Waals surface area (Å²) in [5.74, 6) is 0.125.